The van der Waals surface area contributed by atoms with Crippen molar-refractivity contribution in [3.63, 3.8) is 0 Å². The summed E-state index contributed by atoms with van der Waals surface area (Å²) in [7, 11) is -2.86. The van der Waals surface area contributed by atoms with Gasteiger partial charge in [-0.2, -0.15) is 0 Å². The first-order chi connectivity index (χ1) is 20.6. The molecule has 2 amide bonds. The van der Waals surface area contributed by atoms with Crippen LogP contribution in [0.3, 0.4) is 0 Å². The lowest BCUT2D eigenvalue weighted by Crippen LogP contribution is -2.46. The molecule has 3 aliphatic rings. The van der Waals surface area contributed by atoms with Crippen molar-refractivity contribution in [1.29, 1.82) is 0 Å². The van der Waals surface area contributed by atoms with Gasteiger partial charge in [-0.1, -0.05) is 30.3 Å². The number of anilines is 3. The fourth-order valence-corrected chi connectivity index (χ4v) is 9.71. The van der Waals surface area contributed by atoms with Crippen LogP contribution in [0.15, 0.2) is 61.3 Å². The molecule has 0 unspecified atom stereocenters. The second-order valence-electron chi connectivity index (χ2n) is 12.0. The van der Waals surface area contributed by atoms with E-state index in [2.05, 4.69) is 16.9 Å². The zero-order valence-corrected chi connectivity index (χ0v) is 25.6. The molecule has 1 saturated heterocycles. The molecular weight excluding hydrogens is 566 g/mol. The van der Waals surface area contributed by atoms with E-state index in [1.807, 2.05) is 62.5 Å². The third-order valence-corrected chi connectivity index (χ3v) is 11.3. The van der Waals surface area contributed by atoms with E-state index in [1.165, 1.54) is 0 Å². The summed E-state index contributed by atoms with van der Waals surface area (Å²) < 4.78 is 14.3. The maximum absolute atomic E-state index is 14.4. The highest BCUT2D eigenvalue weighted by molar-refractivity contribution is 6.71. The second kappa shape index (κ2) is 11.0. The van der Waals surface area contributed by atoms with Gasteiger partial charge < -0.3 is 24.3 Å². The number of aliphatic hydroxyl groups excluding tert-OH is 1. The van der Waals surface area contributed by atoms with Crippen LogP contribution in [0.25, 0.3) is 0 Å². The van der Waals surface area contributed by atoms with E-state index >= 15 is 0 Å². The van der Waals surface area contributed by atoms with Crippen LogP contribution < -0.4 is 14.5 Å². The first kappa shape index (κ1) is 29.2. The zero-order chi connectivity index (χ0) is 30.5. The highest BCUT2D eigenvalue weighted by Crippen LogP contribution is 2.60. The van der Waals surface area contributed by atoms with Crippen LogP contribution in [0.2, 0.25) is 18.6 Å². The Hall–Kier alpha value is -3.84. The van der Waals surface area contributed by atoms with Crippen molar-refractivity contribution in [2.75, 3.05) is 29.6 Å². The van der Waals surface area contributed by atoms with Gasteiger partial charge in [0.25, 0.3) is 11.8 Å². The first-order valence-electron chi connectivity index (χ1n) is 14.6. The summed E-state index contributed by atoms with van der Waals surface area (Å²) in [5.74, 6) is -0.157. The van der Waals surface area contributed by atoms with Gasteiger partial charge in [-0.3, -0.25) is 19.2 Å². The Bertz CT molecular complexity index is 1570. The summed E-state index contributed by atoms with van der Waals surface area (Å²) in [5, 5.41) is 17.5. The zero-order valence-electron chi connectivity index (χ0n) is 24.6. The Labute approximate surface area is 251 Å². The summed E-state index contributed by atoms with van der Waals surface area (Å²) in [6.07, 6.45) is 3.98. The van der Waals surface area contributed by atoms with Crippen LogP contribution in [0.4, 0.5) is 17.1 Å². The lowest BCUT2D eigenvalue weighted by Gasteiger charge is -2.33. The van der Waals surface area contributed by atoms with Crippen LogP contribution in [-0.4, -0.2) is 70.9 Å². The molecule has 11 nitrogen and oxygen atoms in total. The minimum Gasteiger partial charge on any atom is -0.482 e. The Balaban J connectivity index is 1.42. The van der Waals surface area contributed by atoms with E-state index < -0.39 is 20.0 Å². The number of aliphatic hydroxyl groups is 1. The molecule has 2 aromatic carbocycles. The number of ether oxygens (including phenoxy) is 2. The number of fused-ring (bicyclic) bond motifs is 3. The van der Waals surface area contributed by atoms with Gasteiger partial charge in [0.05, 0.1) is 23.2 Å². The number of nitrogens with zero attached hydrogens (tertiary/aromatic N) is 5. The van der Waals surface area contributed by atoms with E-state index in [1.54, 1.807) is 26.8 Å². The fourth-order valence-electron chi connectivity index (χ4n) is 7.11. The lowest BCUT2D eigenvalue weighted by molar-refractivity contribution is -0.145. The molecule has 43 heavy (non-hydrogen) atoms. The summed E-state index contributed by atoms with van der Waals surface area (Å²) in [6.45, 7) is 10.3. The molecule has 3 aromatic rings. The van der Waals surface area contributed by atoms with E-state index in [-0.39, 0.29) is 36.5 Å². The minimum absolute atomic E-state index is 0.0107. The Kier molecular flexibility index (Phi) is 7.49. The highest BCUT2D eigenvalue weighted by atomic mass is 28.4. The molecule has 6 rings (SSSR count). The third-order valence-electron chi connectivity index (χ3n) is 8.84. The van der Waals surface area contributed by atoms with Gasteiger partial charge in [-0.15, -0.1) is 11.7 Å². The predicted molar refractivity (Wildman–Crippen MR) is 163 cm³/mol. The molecule has 0 radical (unpaired) electrons. The standard InChI is InChI=1S/C31H37N5O6Si/c1-5-14-35-24-11-10-22(36-25-8-6-7-9-26(25)41-19-28(36)38)17-23(24)31(30(35)39)20(2)29(43(3,4)40)27(42-31)12-15-34-18-21(13-16-37)32-33-34/h5-11,17-18,20,27,29,37,40H,1,12-16,19H2,2-4H3/t20-,27+,29-,31+/m0/s1. The van der Waals surface area contributed by atoms with Crippen LogP contribution >= 0.6 is 0 Å². The van der Waals surface area contributed by atoms with Gasteiger partial charge in [0.15, 0.2) is 20.5 Å². The number of rotatable bonds is 9. The van der Waals surface area contributed by atoms with E-state index in [4.69, 9.17) is 9.47 Å². The summed E-state index contributed by atoms with van der Waals surface area (Å²) in [6, 6.07) is 13.0. The number of benzene rings is 2. The number of aromatic nitrogens is 3. The number of hydrogen-bond donors (Lipinski definition) is 2. The van der Waals surface area contributed by atoms with Crippen molar-refractivity contribution in [2.24, 2.45) is 5.92 Å². The number of para-hydroxylation sites is 2. The largest absolute Gasteiger partial charge is 0.482 e. The van der Waals surface area contributed by atoms with Gasteiger partial charge in [-0.25, -0.2) is 0 Å². The molecular formula is C31H37N5O6Si. The molecule has 226 valence electrons. The van der Waals surface area contributed by atoms with Gasteiger partial charge >= 0.3 is 0 Å². The average molecular weight is 604 g/mol. The van der Waals surface area contributed by atoms with Crippen LogP contribution in [0, 0.1) is 5.92 Å². The van der Waals surface area contributed by atoms with E-state index in [0.717, 1.165) is 0 Å². The molecule has 4 heterocycles. The van der Waals surface area contributed by atoms with Crippen LogP contribution in [0.1, 0.15) is 24.6 Å². The van der Waals surface area contributed by atoms with Crippen molar-refractivity contribution in [2.45, 2.75) is 56.7 Å². The quantitative estimate of drug-likeness (QED) is 0.282. The Morgan fingerprint density at radius 1 is 1.19 bits per heavy atom. The van der Waals surface area contributed by atoms with Crippen LogP contribution in [0.5, 0.6) is 5.75 Å². The van der Waals surface area contributed by atoms with Crippen LogP contribution in [-0.2, 0) is 32.9 Å². The normalized spacial score (nSPS) is 24.8. The summed E-state index contributed by atoms with van der Waals surface area (Å²) >= 11 is 0. The highest BCUT2D eigenvalue weighted by Gasteiger charge is 2.66. The van der Waals surface area contributed by atoms with Gasteiger partial charge in [0, 0.05) is 55.0 Å². The first-order valence-corrected chi connectivity index (χ1v) is 17.6. The van der Waals surface area contributed by atoms with Crippen molar-refractivity contribution in [3.05, 3.63) is 72.6 Å². The maximum Gasteiger partial charge on any atom is 0.269 e. The monoisotopic (exact) mass is 603 g/mol. The topological polar surface area (TPSA) is 130 Å². The molecule has 0 bridgehead atoms. The lowest BCUT2D eigenvalue weighted by atomic mass is 9.82. The molecule has 0 saturated carbocycles. The number of amides is 2. The van der Waals surface area contributed by atoms with Gasteiger partial charge in [0.1, 0.15) is 5.75 Å². The second-order valence-corrected chi connectivity index (χ2v) is 16.0. The summed E-state index contributed by atoms with van der Waals surface area (Å²) in [4.78, 5) is 42.5. The summed E-state index contributed by atoms with van der Waals surface area (Å²) in [5.41, 5.74) is 1.71. The number of aryl methyl sites for hydroxylation is 1. The molecule has 4 atom stereocenters. The molecule has 1 fully saturated rings. The minimum atomic E-state index is -2.86. The Morgan fingerprint density at radius 3 is 2.72 bits per heavy atom. The van der Waals surface area contributed by atoms with Crippen molar-refractivity contribution in [1.82, 2.24) is 15.0 Å². The molecule has 1 aromatic heterocycles. The fraction of sp³-hybridized carbons (Fsp3) is 0.419. The molecule has 1 spiro atoms. The van der Waals surface area contributed by atoms with Gasteiger partial charge in [-0.05, 0) is 49.8 Å². The number of carbonyl (C=O) groups is 2. The molecule has 12 heteroatoms. The molecule has 3 aliphatic heterocycles. The smallest absolute Gasteiger partial charge is 0.269 e. The average Bonchev–Trinajstić information content (AvgIpc) is 3.62. The van der Waals surface area contributed by atoms with Crippen molar-refractivity contribution in [3.8, 4) is 5.75 Å². The SMILES string of the molecule is C=CCN1C(=O)[C@]2(O[C@H](CCn3cc(CCO)nn3)[C@@H]([Si](C)(C)O)[C@@H]2C)c2cc(N3C(=O)COc4ccccc43)ccc21. The molecule has 2 N–H and O–H groups in total. The van der Waals surface area contributed by atoms with Crippen molar-refractivity contribution >= 4 is 37.2 Å². The number of hydrogen-bond acceptors (Lipinski definition) is 8. The predicted octanol–water partition coefficient (Wildman–Crippen LogP) is 3.29. The van der Waals surface area contributed by atoms with E-state index in [9.17, 15) is 19.5 Å². The molecule has 0 aliphatic carbocycles. The van der Waals surface area contributed by atoms with Crippen molar-refractivity contribution < 1.29 is 29.0 Å². The third kappa shape index (κ3) is 4.78. The van der Waals surface area contributed by atoms with E-state index in [0.29, 0.717) is 60.0 Å². The maximum atomic E-state index is 14.4. The Morgan fingerprint density at radius 2 is 1.98 bits per heavy atom. The van der Waals surface area contributed by atoms with Gasteiger partial charge in [0.2, 0.25) is 0 Å². The number of carbonyl (C=O) groups excluding carboxylic acids is 2.